The summed E-state index contributed by atoms with van der Waals surface area (Å²) in [6.07, 6.45) is 0.0874. The van der Waals surface area contributed by atoms with Crippen molar-refractivity contribution in [2.45, 2.75) is 12.5 Å². The lowest BCUT2D eigenvalue weighted by molar-refractivity contribution is 0.116. The SMILES string of the molecule is CS(=O)(=O)NCC(Nc1ncc(-c2nnc(C(F)F)o2)cn1)c1c(F)cc(F)cc1F. The van der Waals surface area contributed by atoms with Crippen molar-refractivity contribution >= 4 is 16.0 Å². The molecule has 0 bridgehead atoms. The van der Waals surface area contributed by atoms with Crippen LogP contribution in [0.15, 0.2) is 28.9 Å². The van der Waals surface area contributed by atoms with Crippen molar-refractivity contribution in [3.63, 3.8) is 0 Å². The average molecular weight is 464 g/mol. The number of halogens is 5. The molecule has 3 aromatic rings. The molecule has 1 aromatic carbocycles. The Morgan fingerprint density at radius 1 is 1.06 bits per heavy atom. The van der Waals surface area contributed by atoms with Gasteiger partial charge in [-0.2, -0.15) is 8.78 Å². The summed E-state index contributed by atoms with van der Waals surface area (Å²) in [7, 11) is -3.74. The Hall–Kier alpha value is -3.20. The molecule has 9 nitrogen and oxygen atoms in total. The van der Waals surface area contributed by atoms with E-state index in [0.29, 0.717) is 12.1 Å². The molecule has 0 saturated heterocycles. The number of nitrogens with zero attached hydrogens (tertiary/aromatic N) is 4. The zero-order chi connectivity index (χ0) is 22.8. The van der Waals surface area contributed by atoms with Crippen LogP contribution in [0.5, 0.6) is 0 Å². The van der Waals surface area contributed by atoms with Gasteiger partial charge in [-0.05, 0) is 0 Å². The van der Waals surface area contributed by atoms with Crippen LogP contribution >= 0.6 is 0 Å². The molecule has 0 aliphatic heterocycles. The van der Waals surface area contributed by atoms with Crippen LogP contribution in [0.3, 0.4) is 0 Å². The van der Waals surface area contributed by atoms with Gasteiger partial charge in [0.1, 0.15) is 17.5 Å². The molecule has 15 heteroatoms. The fraction of sp³-hybridized carbons (Fsp3) is 0.250. The molecule has 0 amide bonds. The lowest BCUT2D eigenvalue weighted by atomic mass is 10.1. The van der Waals surface area contributed by atoms with Crippen molar-refractivity contribution in [2.75, 3.05) is 18.1 Å². The van der Waals surface area contributed by atoms with Crippen LogP contribution in [0, 0.1) is 17.5 Å². The Kier molecular flexibility index (Phi) is 6.45. The Morgan fingerprint density at radius 2 is 1.68 bits per heavy atom. The van der Waals surface area contributed by atoms with Crippen molar-refractivity contribution < 1.29 is 34.8 Å². The van der Waals surface area contributed by atoms with Gasteiger partial charge < -0.3 is 9.73 Å². The van der Waals surface area contributed by atoms with E-state index in [9.17, 15) is 30.4 Å². The summed E-state index contributed by atoms with van der Waals surface area (Å²) in [4.78, 5) is 7.72. The zero-order valence-corrected chi connectivity index (χ0v) is 16.3. The number of anilines is 1. The lowest BCUT2D eigenvalue weighted by Crippen LogP contribution is -2.32. The third-order valence-corrected chi connectivity index (χ3v) is 4.46. The molecule has 0 spiro atoms. The van der Waals surface area contributed by atoms with Crippen LogP contribution in [0.4, 0.5) is 27.9 Å². The normalized spacial score (nSPS) is 12.9. The predicted molar refractivity (Wildman–Crippen MR) is 95.8 cm³/mol. The first-order chi connectivity index (χ1) is 14.5. The molecule has 1 unspecified atom stereocenters. The van der Waals surface area contributed by atoms with Crippen LogP contribution in [0.25, 0.3) is 11.5 Å². The molecule has 0 fully saturated rings. The average Bonchev–Trinajstić information content (AvgIpc) is 3.15. The van der Waals surface area contributed by atoms with Gasteiger partial charge in [0.05, 0.1) is 17.9 Å². The number of rotatable bonds is 8. The summed E-state index contributed by atoms with van der Waals surface area (Å²) < 4.78 is 96.4. The minimum absolute atomic E-state index is 0.0786. The molecule has 31 heavy (non-hydrogen) atoms. The van der Waals surface area contributed by atoms with Gasteiger partial charge in [-0.3, -0.25) is 0 Å². The summed E-state index contributed by atoms with van der Waals surface area (Å²) in [5, 5.41) is 9.12. The van der Waals surface area contributed by atoms with Crippen molar-refractivity contribution in [1.82, 2.24) is 24.9 Å². The van der Waals surface area contributed by atoms with Crippen molar-refractivity contribution in [3.05, 3.63) is 53.4 Å². The lowest BCUT2D eigenvalue weighted by Gasteiger charge is -2.20. The van der Waals surface area contributed by atoms with Gasteiger partial charge in [-0.25, -0.2) is 36.3 Å². The number of nitrogens with one attached hydrogen (secondary N) is 2. The topological polar surface area (TPSA) is 123 Å². The number of sulfonamides is 1. The molecule has 2 heterocycles. The van der Waals surface area contributed by atoms with Gasteiger partial charge in [-0.1, -0.05) is 0 Å². The highest BCUT2D eigenvalue weighted by molar-refractivity contribution is 7.88. The molecule has 2 N–H and O–H groups in total. The van der Waals surface area contributed by atoms with Gasteiger partial charge >= 0.3 is 6.43 Å². The van der Waals surface area contributed by atoms with E-state index in [1.165, 1.54) is 0 Å². The molecular weight excluding hydrogens is 451 g/mol. The monoisotopic (exact) mass is 464 g/mol. The number of aromatic nitrogens is 4. The third-order valence-electron chi connectivity index (χ3n) is 3.77. The van der Waals surface area contributed by atoms with Crippen molar-refractivity contribution in [1.29, 1.82) is 0 Å². The first-order valence-corrected chi connectivity index (χ1v) is 10.2. The van der Waals surface area contributed by atoms with Crippen LogP contribution in [-0.4, -0.2) is 41.4 Å². The Labute approximate surface area is 171 Å². The second-order valence-electron chi connectivity index (χ2n) is 6.14. The number of alkyl halides is 2. The smallest absolute Gasteiger partial charge is 0.314 e. The predicted octanol–water partition coefficient (Wildman–Crippen LogP) is 2.58. The molecule has 3 rings (SSSR count). The molecule has 0 saturated carbocycles. The van der Waals surface area contributed by atoms with Crippen molar-refractivity contribution in [3.8, 4) is 11.5 Å². The van der Waals surface area contributed by atoms with Gasteiger partial charge in [0.15, 0.2) is 0 Å². The van der Waals surface area contributed by atoms with E-state index >= 15 is 0 Å². The van der Waals surface area contributed by atoms with E-state index in [0.717, 1.165) is 18.6 Å². The minimum Gasteiger partial charge on any atom is -0.415 e. The first kappa shape index (κ1) is 22.5. The highest BCUT2D eigenvalue weighted by Gasteiger charge is 2.24. The highest BCUT2D eigenvalue weighted by atomic mass is 32.2. The molecule has 0 aliphatic carbocycles. The first-order valence-electron chi connectivity index (χ1n) is 8.33. The second kappa shape index (κ2) is 8.89. The Bertz CT molecular complexity index is 1150. The quantitative estimate of drug-likeness (QED) is 0.488. The van der Waals surface area contributed by atoms with Crippen molar-refractivity contribution in [2.24, 2.45) is 0 Å². The number of benzene rings is 1. The maximum absolute atomic E-state index is 14.2. The maximum atomic E-state index is 14.2. The van der Waals surface area contributed by atoms with E-state index in [1.54, 1.807) is 0 Å². The van der Waals surface area contributed by atoms with Gasteiger partial charge in [-0.15, -0.1) is 10.2 Å². The highest BCUT2D eigenvalue weighted by Crippen LogP contribution is 2.26. The minimum atomic E-state index is -3.74. The fourth-order valence-corrected chi connectivity index (χ4v) is 2.92. The summed E-state index contributed by atoms with van der Waals surface area (Å²) in [5.74, 6) is -5.06. The summed E-state index contributed by atoms with van der Waals surface area (Å²) in [5.41, 5.74) is -0.571. The summed E-state index contributed by atoms with van der Waals surface area (Å²) >= 11 is 0. The largest absolute Gasteiger partial charge is 0.415 e. The van der Waals surface area contributed by atoms with E-state index in [4.69, 9.17) is 4.42 Å². The van der Waals surface area contributed by atoms with E-state index in [1.807, 2.05) is 0 Å². The standard InChI is InChI=1S/C16H13F5N6O3S/c1-31(28,29)24-6-11(12-9(18)2-8(17)3-10(12)19)25-16-22-4-7(5-23-16)14-26-27-15(30-14)13(20)21/h2-5,11,13,24H,6H2,1H3,(H,22,23,25). The van der Waals surface area contributed by atoms with E-state index in [2.05, 4.69) is 30.2 Å². The zero-order valence-electron chi connectivity index (χ0n) is 15.5. The van der Waals surface area contributed by atoms with E-state index < -0.39 is 57.9 Å². The van der Waals surface area contributed by atoms with Crippen LogP contribution in [-0.2, 0) is 10.0 Å². The maximum Gasteiger partial charge on any atom is 0.314 e. The molecule has 0 aliphatic rings. The Morgan fingerprint density at radius 3 is 2.19 bits per heavy atom. The van der Waals surface area contributed by atoms with Crippen LogP contribution in [0.2, 0.25) is 0 Å². The van der Waals surface area contributed by atoms with Crippen LogP contribution < -0.4 is 10.0 Å². The van der Waals surface area contributed by atoms with Crippen LogP contribution in [0.1, 0.15) is 23.9 Å². The molecule has 166 valence electrons. The molecule has 1 atom stereocenters. The van der Waals surface area contributed by atoms with Gasteiger partial charge in [0, 0.05) is 36.6 Å². The fourth-order valence-electron chi connectivity index (χ4n) is 2.45. The summed E-state index contributed by atoms with van der Waals surface area (Å²) in [6, 6.07) is -0.489. The number of hydrogen-bond donors (Lipinski definition) is 2. The summed E-state index contributed by atoms with van der Waals surface area (Å²) in [6.45, 7) is -0.523. The molecule has 2 aromatic heterocycles. The molecule has 0 radical (unpaired) electrons. The second-order valence-corrected chi connectivity index (χ2v) is 7.98. The molecular formula is C16H13F5N6O3S. The van der Waals surface area contributed by atoms with Gasteiger partial charge in [0.25, 0.3) is 11.8 Å². The third kappa shape index (κ3) is 5.69. The van der Waals surface area contributed by atoms with Gasteiger partial charge in [0.2, 0.25) is 16.0 Å². The van der Waals surface area contributed by atoms with E-state index in [-0.39, 0.29) is 17.4 Å². The number of hydrogen-bond acceptors (Lipinski definition) is 8. The Balaban J connectivity index is 1.87.